The second-order valence-electron chi connectivity index (χ2n) is 7.65. The Balaban J connectivity index is 1.95. The molecular weight excluding hydrogens is 466 g/mol. The van der Waals surface area contributed by atoms with Crippen LogP contribution in [0.3, 0.4) is 0 Å². The molecule has 1 aliphatic rings. The number of carbonyl (C=O) groups is 1. The predicted molar refractivity (Wildman–Crippen MR) is 131 cm³/mol. The molecule has 0 aliphatic carbocycles. The average Bonchev–Trinajstić information content (AvgIpc) is 3.17. The first-order valence-electron chi connectivity index (χ1n) is 10.8. The van der Waals surface area contributed by atoms with E-state index >= 15 is 0 Å². The number of benzene rings is 2. The zero-order valence-corrected chi connectivity index (χ0v) is 20.5. The van der Waals surface area contributed by atoms with E-state index in [4.69, 9.17) is 19.5 Å². The molecule has 0 N–H and O–H groups in total. The fraction of sp³-hybridized carbons (Fsp3) is 0.231. The van der Waals surface area contributed by atoms with Crippen molar-refractivity contribution in [2.75, 3.05) is 20.8 Å². The fourth-order valence-corrected chi connectivity index (χ4v) is 4.98. The lowest BCUT2D eigenvalue weighted by molar-refractivity contribution is -0.139. The summed E-state index contributed by atoms with van der Waals surface area (Å²) in [4.78, 5) is 31.7. The second kappa shape index (κ2) is 9.99. The molecule has 1 aliphatic heterocycles. The summed E-state index contributed by atoms with van der Waals surface area (Å²) in [6.45, 7) is 3.65. The number of esters is 1. The zero-order valence-electron chi connectivity index (χ0n) is 19.7. The second-order valence-corrected chi connectivity index (χ2v) is 8.66. The minimum atomic E-state index is -0.756. The lowest BCUT2D eigenvalue weighted by atomic mass is 9.95. The Morgan fingerprint density at radius 2 is 1.89 bits per heavy atom. The Hall–Kier alpha value is -4.16. The fourth-order valence-electron chi connectivity index (χ4n) is 3.94. The third kappa shape index (κ3) is 4.48. The highest BCUT2D eigenvalue weighted by Gasteiger charge is 2.33. The van der Waals surface area contributed by atoms with E-state index in [0.717, 1.165) is 5.56 Å². The van der Waals surface area contributed by atoms with Gasteiger partial charge in [-0.05, 0) is 55.3 Å². The van der Waals surface area contributed by atoms with Crippen LogP contribution in [-0.4, -0.2) is 31.4 Å². The van der Waals surface area contributed by atoms with Gasteiger partial charge in [0, 0.05) is 0 Å². The first-order chi connectivity index (χ1) is 16.9. The Morgan fingerprint density at radius 3 is 2.51 bits per heavy atom. The zero-order chi connectivity index (χ0) is 25.1. The van der Waals surface area contributed by atoms with Crippen molar-refractivity contribution in [2.24, 2.45) is 4.99 Å². The number of thiazole rings is 1. The minimum Gasteiger partial charge on any atom is -0.493 e. The molecule has 0 saturated carbocycles. The molecule has 1 aromatic heterocycles. The molecule has 3 aromatic rings. The van der Waals surface area contributed by atoms with E-state index in [0.29, 0.717) is 37.7 Å². The van der Waals surface area contributed by atoms with E-state index in [1.807, 2.05) is 0 Å². The molecule has 35 heavy (non-hydrogen) atoms. The Morgan fingerprint density at radius 1 is 1.17 bits per heavy atom. The third-order valence-electron chi connectivity index (χ3n) is 5.58. The van der Waals surface area contributed by atoms with Gasteiger partial charge in [-0.2, -0.15) is 5.26 Å². The molecule has 2 heterocycles. The Bertz CT molecular complexity index is 1540. The van der Waals surface area contributed by atoms with Crippen molar-refractivity contribution in [1.82, 2.24) is 4.57 Å². The molecule has 4 rings (SSSR count). The van der Waals surface area contributed by atoms with Gasteiger partial charge in [0.1, 0.15) is 0 Å². The molecule has 0 fully saturated rings. The van der Waals surface area contributed by atoms with Gasteiger partial charge in [-0.1, -0.05) is 29.5 Å². The molecule has 2 aromatic carbocycles. The molecule has 1 atom stereocenters. The largest absolute Gasteiger partial charge is 0.493 e. The number of aromatic nitrogens is 1. The monoisotopic (exact) mass is 489 g/mol. The summed E-state index contributed by atoms with van der Waals surface area (Å²) >= 11 is 1.23. The average molecular weight is 490 g/mol. The summed E-state index contributed by atoms with van der Waals surface area (Å²) in [5.74, 6) is 0.473. The van der Waals surface area contributed by atoms with Gasteiger partial charge < -0.3 is 14.2 Å². The molecule has 0 amide bonds. The maximum Gasteiger partial charge on any atom is 0.338 e. The summed E-state index contributed by atoms with van der Waals surface area (Å²) in [6, 6.07) is 13.5. The van der Waals surface area contributed by atoms with Crippen LogP contribution in [0.25, 0.3) is 6.08 Å². The van der Waals surface area contributed by atoms with Gasteiger partial charge in [-0.15, -0.1) is 0 Å². The van der Waals surface area contributed by atoms with E-state index in [9.17, 15) is 9.59 Å². The van der Waals surface area contributed by atoms with E-state index in [1.165, 1.54) is 30.1 Å². The summed E-state index contributed by atoms with van der Waals surface area (Å²) in [7, 11) is 3.07. The van der Waals surface area contributed by atoms with Crippen LogP contribution < -0.4 is 24.4 Å². The number of hydrogen-bond acceptors (Lipinski definition) is 8. The number of ether oxygens (including phenoxy) is 3. The van der Waals surface area contributed by atoms with Gasteiger partial charge in [0.05, 0.1) is 54.3 Å². The summed E-state index contributed by atoms with van der Waals surface area (Å²) in [6.07, 6.45) is 1.75. The van der Waals surface area contributed by atoms with Gasteiger partial charge in [-0.25, -0.2) is 9.79 Å². The molecule has 9 heteroatoms. The molecule has 8 nitrogen and oxygen atoms in total. The number of allylic oxidation sites excluding steroid dienone is 1. The first-order valence-corrected chi connectivity index (χ1v) is 11.6. The number of hydrogen-bond donors (Lipinski definition) is 0. The maximum atomic E-state index is 13.6. The maximum absolute atomic E-state index is 13.6. The van der Waals surface area contributed by atoms with Crippen molar-refractivity contribution in [3.05, 3.63) is 90.1 Å². The number of rotatable bonds is 6. The van der Waals surface area contributed by atoms with Gasteiger partial charge in [-0.3, -0.25) is 9.36 Å². The van der Waals surface area contributed by atoms with E-state index in [1.54, 1.807) is 62.4 Å². The van der Waals surface area contributed by atoms with Crippen molar-refractivity contribution in [3.63, 3.8) is 0 Å². The van der Waals surface area contributed by atoms with Crippen LogP contribution >= 0.6 is 11.3 Å². The molecule has 0 saturated heterocycles. The molecule has 1 unspecified atom stereocenters. The topological polar surface area (TPSA) is 103 Å². The molecule has 178 valence electrons. The number of fused-ring (bicyclic) bond motifs is 1. The van der Waals surface area contributed by atoms with Crippen LogP contribution in [-0.2, 0) is 9.53 Å². The molecule has 0 spiro atoms. The van der Waals surface area contributed by atoms with E-state index in [-0.39, 0.29) is 17.7 Å². The number of nitriles is 1. The van der Waals surface area contributed by atoms with Crippen LogP contribution in [0.1, 0.15) is 36.6 Å². The summed E-state index contributed by atoms with van der Waals surface area (Å²) in [5, 5.41) is 9.03. The lowest BCUT2D eigenvalue weighted by Crippen LogP contribution is -2.39. The van der Waals surface area contributed by atoms with Crippen LogP contribution in [0.2, 0.25) is 0 Å². The smallest absolute Gasteiger partial charge is 0.338 e. The minimum absolute atomic E-state index is 0.192. The van der Waals surface area contributed by atoms with Gasteiger partial charge >= 0.3 is 5.97 Å². The van der Waals surface area contributed by atoms with Crippen molar-refractivity contribution < 1.29 is 19.0 Å². The Kier molecular flexibility index (Phi) is 6.85. The number of nitrogens with zero attached hydrogens (tertiary/aromatic N) is 3. The highest BCUT2D eigenvalue weighted by Crippen LogP contribution is 2.36. The van der Waals surface area contributed by atoms with E-state index < -0.39 is 12.0 Å². The van der Waals surface area contributed by atoms with Gasteiger partial charge in [0.2, 0.25) is 0 Å². The first kappa shape index (κ1) is 24.0. The standard InChI is InChI=1S/C26H23N3O5S/c1-5-34-25(31)22-15(2)28-26-29(23(22)18-10-11-19(32-3)20(13-18)33-4)24(30)21(35-26)12-16-6-8-17(14-27)9-7-16/h6-13,23H,5H2,1-4H3/b21-12+. The summed E-state index contributed by atoms with van der Waals surface area (Å²) < 4.78 is 18.1. The van der Waals surface area contributed by atoms with Gasteiger partial charge in [0.25, 0.3) is 5.56 Å². The summed E-state index contributed by atoms with van der Waals surface area (Å²) in [5.41, 5.74) is 2.45. The molecule has 0 radical (unpaired) electrons. The molecular formula is C26H23N3O5S. The number of carbonyl (C=O) groups excluding carboxylic acids is 1. The SMILES string of the molecule is CCOC(=O)C1=C(C)N=c2s/c(=C/c3ccc(C#N)cc3)c(=O)n2C1c1ccc(OC)c(OC)c1. The van der Waals surface area contributed by atoms with E-state index in [2.05, 4.69) is 11.1 Å². The van der Waals surface area contributed by atoms with Crippen molar-refractivity contribution in [3.8, 4) is 17.6 Å². The van der Waals surface area contributed by atoms with Crippen LogP contribution in [0, 0.1) is 11.3 Å². The third-order valence-corrected chi connectivity index (χ3v) is 6.56. The highest BCUT2D eigenvalue weighted by atomic mass is 32.1. The normalized spacial score (nSPS) is 15.2. The van der Waals surface area contributed by atoms with Crippen LogP contribution in [0.15, 0.2) is 63.5 Å². The van der Waals surface area contributed by atoms with Crippen LogP contribution in [0.4, 0.5) is 0 Å². The van der Waals surface area contributed by atoms with Crippen molar-refractivity contribution >= 4 is 23.4 Å². The quantitative estimate of drug-likeness (QED) is 0.494. The van der Waals surface area contributed by atoms with Crippen LogP contribution in [0.5, 0.6) is 11.5 Å². The Labute approximate surface area is 205 Å². The molecule has 0 bridgehead atoms. The van der Waals surface area contributed by atoms with Crippen molar-refractivity contribution in [2.45, 2.75) is 19.9 Å². The highest BCUT2D eigenvalue weighted by molar-refractivity contribution is 7.07. The van der Waals surface area contributed by atoms with Gasteiger partial charge in [0.15, 0.2) is 16.3 Å². The lowest BCUT2D eigenvalue weighted by Gasteiger charge is -2.25. The predicted octanol–water partition coefficient (Wildman–Crippen LogP) is 2.69. The van der Waals surface area contributed by atoms with Crippen molar-refractivity contribution in [1.29, 1.82) is 5.26 Å². The number of methoxy groups -OCH3 is 2.